The molecule has 1 aliphatic carbocycles. The summed E-state index contributed by atoms with van der Waals surface area (Å²) in [4.78, 5) is 24.6. The molecule has 28 heavy (non-hydrogen) atoms. The molecule has 1 aromatic heterocycles. The van der Waals surface area contributed by atoms with Crippen LogP contribution in [-0.4, -0.2) is 12.5 Å². The van der Waals surface area contributed by atoms with E-state index in [-0.39, 0.29) is 18.1 Å². The van der Waals surface area contributed by atoms with Crippen molar-refractivity contribution in [2.24, 2.45) is 0 Å². The Balaban J connectivity index is 1.60. The van der Waals surface area contributed by atoms with E-state index in [1.807, 2.05) is 45.0 Å². The summed E-state index contributed by atoms with van der Waals surface area (Å²) in [7, 11) is 0. The zero-order valence-corrected chi connectivity index (χ0v) is 16.3. The van der Waals surface area contributed by atoms with Crippen molar-refractivity contribution in [3.05, 3.63) is 68.6 Å². The summed E-state index contributed by atoms with van der Waals surface area (Å²) in [5.74, 6) is 0.362. The van der Waals surface area contributed by atoms with E-state index in [0.717, 1.165) is 58.2 Å². The Bertz CT molecular complexity index is 1120. The molecular formula is C23H23NO4. The molecule has 0 unspecified atom stereocenters. The van der Waals surface area contributed by atoms with Crippen LogP contribution < -0.4 is 15.7 Å². The van der Waals surface area contributed by atoms with Crippen molar-refractivity contribution < 1.29 is 13.9 Å². The Morgan fingerprint density at radius 3 is 2.43 bits per heavy atom. The molecule has 2 aromatic carbocycles. The molecule has 0 saturated carbocycles. The first-order valence-corrected chi connectivity index (χ1v) is 9.51. The van der Waals surface area contributed by atoms with E-state index in [4.69, 9.17) is 9.15 Å². The first-order chi connectivity index (χ1) is 13.4. The molecule has 1 aliphatic rings. The minimum atomic E-state index is -0.260. The SMILES string of the molecule is Cc1cc(C)cc(NC(=O)COc2cc(C)cc3oc(=O)c4c(c23)CCC4)c1. The molecule has 1 amide bonds. The molecule has 0 atom stereocenters. The van der Waals surface area contributed by atoms with E-state index < -0.39 is 0 Å². The van der Waals surface area contributed by atoms with Gasteiger partial charge in [0.15, 0.2) is 6.61 Å². The molecule has 0 bridgehead atoms. The number of anilines is 1. The van der Waals surface area contributed by atoms with Crippen LogP contribution >= 0.6 is 0 Å². The summed E-state index contributed by atoms with van der Waals surface area (Å²) in [5, 5.41) is 3.70. The van der Waals surface area contributed by atoms with Crippen molar-refractivity contribution in [1.29, 1.82) is 0 Å². The van der Waals surface area contributed by atoms with Crippen LogP contribution in [0.15, 0.2) is 39.5 Å². The van der Waals surface area contributed by atoms with Crippen LogP contribution in [0, 0.1) is 20.8 Å². The van der Waals surface area contributed by atoms with Gasteiger partial charge in [0.1, 0.15) is 11.3 Å². The Labute approximate surface area is 163 Å². The zero-order valence-electron chi connectivity index (χ0n) is 16.3. The predicted octanol–water partition coefficient (Wildman–Crippen LogP) is 4.22. The van der Waals surface area contributed by atoms with E-state index in [2.05, 4.69) is 11.4 Å². The number of benzene rings is 2. The molecule has 1 heterocycles. The van der Waals surface area contributed by atoms with Crippen LogP contribution in [0.5, 0.6) is 5.75 Å². The van der Waals surface area contributed by atoms with Gasteiger partial charge in [-0.1, -0.05) is 6.07 Å². The van der Waals surface area contributed by atoms with Gasteiger partial charge in [-0.25, -0.2) is 4.79 Å². The average molecular weight is 377 g/mol. The summed E-state index contributed by atoms with van der Waals surface area (Å²) in [5.41, 5.74) is 5.85. The van der Waals surface area contributed by atoms with Crippen LogP contribution in [0.2, 0.25) is 0 Å². The van der Waals surface area contributed by atoms with Crippen LogP contribution in [0.1, 0.15) is 34.2 Å². The van der Waals surface area contributed by atoms with Gasteiger partial charge in [0.25, 0.3) is 5.91 Å². The molecule has 0 spiro atoms. The summed E-state index contributed by atoms with van der Waals surface area (Å²) in [6.07, 6.45) is 2.49. The smallest absolute Gasteiger partial charge is 0.339 e. The van der Waals surface area contributed by atoms with E-state index in [1.54, 1.807) is 0 Å². The Morgan fingerprint density at radius 1 is 1.00 bits per heavy atom. The molecule has 144 valence electrons. The van der Waals surface area contributed by atoms with E-state index in [9.17, 15) is 9.59 Å². The standard InChI is InChI=1S/C23H23NO4/c1-13-7-14(2)9-16(8-13)24-21(25)12-27-19-10-15(3)11-20-22(19)17-5-4-6-18(17)23(26)28-20/h7-11H,4-6,12H2,1-3H3,(H,24,25). The molecule has 5 nitrogen and oxygen atoms in total. The fourth-order valence-electron chi connectivity index (χ4n) is 4.01. The minimum absolute atomic E-state index is 0.112. The monoisotopic (exact) mass is 377 g/mol. The van der Waals surface area contributed by atoms with E-state index in [0.29, 0.717) is 11.3 Å². The Morgan fingerprint density at radius 2 is 1.68 bits per heavy atom. The fraction of sp³-hybridized carbons (Fsp3) is 0.304. The van der Waals surface area contributed by atoms with Crippen molar-refractivity contribution >= 4 is 22.6 Å². The molecule has 3 aromatic rings. The van der Waals surface area contributed by atoms with Gasteiger partial charge < -0.3 is 14.5 Å². The Kier molecular flexibility index (Phi) is 4.67. The van der Waals surface area contributed by atoms with E-state index in [1.165, 1.54) is 0 Å². The van der Waals surface area contributed by atoms with Crippen molar-refractivity contribution in [1.82, 2.24) is 0 Å². The van der Waals surface area contributed by atoms with Crippen molar-refractivity contribution in [2.45, 2.75) is 40.0 Å². The number of rotatable bonds is 4. The molecule has 0 radical (unpaired) electrons. The lowest BCUT2D eigenvalue weighted by atomic mass is 10.0. The number of amides is 1. The molecule has 0 aliphatic heterocycles. The molecule has 4 rings (SSSR count). The normalized spacial score (nSPS) is 12.8. The number of ether oxygens (including phenoxy) is 1. The molecular weight excluding hydrogens is 354 g/mol. The number of aryl methyl sites for hydroxylation is 4. The number of nitrogens with one attached hydrogen (secondary N) is 1. The second kappa shape index (κ2) is 7.15. The van der Waals surface area contributed by atoms with Gasteiger partial charge in [0.2, 0.25) is 0 Å². The van der Waals surface area contributed by atoms with Crippen molar-refractivity contribution in [3.8, 4) is 5.75 Å². The quantitative estimate of drug-likeness (QED) is 0.691. The maximum Gasteiger partial charge on any atom is 0.339 e. The van der Waals surface area contributed by atoms with Gasteiger partial charge in [0.05, 0.1) is 5.39 Å². The van der Waals surface area contributed by atoms with Gasteiger partial charge in [-0.05, 0) is 86.6 Å². The third kappa shape index (κ3) is 3.52. The lowest BCUT2D eigenvalue weighted by Gasteiger charge is -2.13. The second-order valence-corrected chi connectivity index (χ2v) is 7.55. The molecule has 5 heteroatoms. The number of carbonyl (C=O) groups excluding carboxylic acids is 1. The highest BCUT2D eigenvalue weighted by Crippen LogP contribution is 2.35. The van der Waals surface area contributed by atoms with Crippen LogP contribution in [0.4, 0.5) is 5.69 Å². The maximum absolute atomic E-state index is 12.4. The highest BCUT2D eigenvalue weighted by Gasteiger charge is 2.22. The zero-order chi connectivity index (χ0) is 19.8. The topological polar surface area (TPSA) is 68.5 Å². The van der Waals surface area contributed by atoms with Gasteiger partial charge in [-0.15, -0.1) is 0 Å². The number of fused-ring (bicyclic) bond motifs is 3. The van der Waals surface area contributed by atoms with Crippen LogP contribution in [-0.2, 0) is 17.6 Å². The summed E-state index contributed by atoms with van der Waals surface area (Å²) < 4.78 is 11.4. The number of hydrogen-bond donors (Lipinski definition) is 1. The lowest BCUT2D eigenvalue weighted by Crippen LogP contribution is -2.20. The van der Waals surface area contributed by atoms with Gasteiger partial charge in [-0.3, -0.25) is 4.79 Å². The lowest BCUT2D eigenvalue weighted by molar-refractivity contribution is -0.118. The predicted molar refractivity (Wildman–Crippen MR) is 109 cm³/mol. The first kappa shape index (κ1) is 18.3. The maximum atomic E-state index is 12.4. The highest BCUT2D eigenvalue weighted by atomic mass is 16.5. The molecule has 0 fully saturated rings. The van der Waals surface area contributed by atoms with Crippen LogP contribution in [0.25, 0.3) is 11.0 Å². The second-order valence-electron chi connectivity index (χ2n) is 7.55. The Hall–Kier alpha value is -3.08. The third-order valence-corrected chi connectivity index (χ3v) is 5.04. The minimum Gasteiger partial charge on any atom is -0.483 e. The van der Waals surface area contributed by atoms with Crippen molar-refractivity contribution in [3.63, 3.8) is 0 Å². The van der Waals surface area contributed by atoms with E-state index >= 15 is 0 Å². The average Bonchev–Trinajstić information content (AvgIpc) is 3.08. The van der Waals surface area contributed by atoms with Gasteiger partial charge in [0, 0.05) is 11.3 Å². The van der Waals surface area contributed by atoms with Crippen molar-refractivity contribution in [2.75, 3.05) is 11.9 Å². The van der Waals surface area contributed by atoms with Crippen LogP contribution in [0.3, 0.4) is 0 Å². The van der Waals surface area contributed by atoms with Gasteiger partial charge >= 0.3 is 5.63 Å². The molecule has 1 N–H and O–H groups in total. The third-order valence-electron chi connectivity index (χ3n) is 5.04. The highest BCUT2D eigenvalue weighted by molar-refractivity contribution is 5.93. The number of hydrogen-bond acceptors (Lipinski definition) is 4. The number of carbonyl (C=O) groups is 1. The molecule has 0 saturated heterocycles. The summed E-state index contributed by atoms with van der Waals surface area (Å²) >= 11 is 0. The summed E-state index contributed by atoms with van der Waals surface area (Å²) in [6, 6.07) is 9.64. The van der Waals surface area contributed by atoms with Gasteiger partial charge in [-0.2, -0.15) is 0 Å². The summed E-state index contributed by atoms with van der Waals surface area (Å²) in [6.45, 7) is 5.79. The fourth-order valence-corrected chi connectivity index (χ4v) is 4.01. The largest absolute Gasteiger partial charge is 0.483 e. The first-order valence-electron chi connectivity index (χ1n) is 9.51.